The Balaban J connectivity index is 1.60. The van der Waals surface area contributed by atoms with Crippen molar-refractivity contribution in [1.82, 2.24) is 10.6 Å². The Bertz CT molecular complexity index is 644. The number of rotatable bonds is 4. The molecule has 2 aliphatic rings. The van der Waals surface area contributed by atoms with Crippen LogP contribution in [0.3, 0.4) is 0 Å². The lowest BCUT2D eigenvalue weighted by molar-refractivity contribution is -0.117. The van der Waals surface area contributed by atoms with Gasteiger partial charge in [0.1, 0.15) is 0 Å². The lowest BCUT2D eigenvalue weighted by atomic mass is 9.79. The van der Waals surface area contributed by atoms with Crippen molar-refractivity contribution in [3.8, 4) is 0 Å². The van der Waals surface area contributed by atoms with Gasteiger partial charge in [-0.25, -0.2) is 0 Å². The van der Waals surface area contributed by atoms with Crippen LogP contribution in [0.2, 0.25) is 0 Å². The average Bonchev–Trinajstić information content (AvgIpc) is 3.29. The van der Waals surface area contributed by atoms with Gasteiger partial charge in [-0.05, 0) is 77.6 Å². The lowest BCUT2D eigenvalue weighted by Gasteiger charge is -2.46. The molecule has 0 unspecified atom stereocenters. The van der Waals surface area contributed by atoms with Gasteiger partial charge in [0.05, 0.1) is 0 Å². The second kappa shape index (κ2) is 6.45. The fourth-order valence-electron chi connectivity index (χ4n) is 3.99. The van der Waals surface area contributed by atoms with Crippen LogP contribution in [0.4, 0.5) is 5.69 Å². The van der Waals surface area contributed by atoms with Crippen LogP contribution in [-0.4, -0.2) is 28.9 Å². The molecule has 3 rings (SSSR count). The summed E-state index contributed by atoms with van der Waals surface area (Å²) in [5.74, 6) is 0.199. The van der Waals surface area contributed by atoms with Crippen LogP contribution in [0.1, 0.15) is 63.7 Å². The van der Waals surface area contributed by atoms with Crippen molar-refractivity contribution >= 4 is 17.5 Å². The Morgan fingerprint density at radius 2 is 1.56 bits per heavy atom. The number of anilines is 1. The zero-order chi connectivity index (χ0) is 18.2. The second-order valence-corrected chi connectivity index (χ2v) is 8.81. The first kappa shape index (κ1) is 17.9. The van der Waals surface area contributed by atoms with E-state index in [9.17, 15) is 9.59 Å². The Morgan fingerprint density at radius 1 is 1.00 bits per heavy atom. The van der Waals surface area contributed by atoms with E-state index in [1.54, 1.807) is 24.3 Å². The third-order valence-corrected chi connectivity index (χ3v) is 4.89. The van der Waals surface area contributed by atoms with Crippen molar-refractivity contribution in [1.29, 1.82) is 0 Å². The maximum absolute atomic E-state index is 12.6. The maximum Gasteiger partial charge on any atom is 0.251 e. The molecule has 0 spiro atoms. The highest BCUT2D eigenvalue weighted by Crippen LogP contribution is 2.30. The largest absolute Gasteiger partial charge is 0.349 e. The standard InChI is InChI=1S/C20H29N3O2/c1-19(2)11-16(12-20(3,4)23-19)22-18(25)14-7-9-15(10-8-14)21-17(24)13-5-6-13/h7-10,13,16,23H,5-6,11-12H2,1-4H3,(H,21,24)(H,22,25). The number of benzene rings is 1. The second-order valence-electron chi connectivity index (χ2n) is 8.81. The summed E-state index contributed by atoms with van der Waals surface area (Å²) in [5.41, 5.74) is 1.36. The number of amides is 2. The fourth-order valence-corrected chi connectivity index (χ4v) is 3.99. The molecule has 0 atom stereocenters. The Hall–Kier alpha value is -1.88. The molecule has 3 N–H and O–H groups in total. The van der Waals surface area contributed by atoms with Crippen LogP contribution >= 0.6 is 0 Å². The molecule has 1 saturated carbocycles. The van der Waals surface area contributed by atoms with Crippen LogP contribution in [0.15, 0.2) is 24.3 Å². The molecule has 1 aromatic rings. The summed E-state index contributed by atoms with van der Waals surface area (Å²) < 4.78 is 0. The third kappa shape index (κ3) is 4.82. The maximum atomic E-state index is 12.6. The number of carbonyl (C=O) groups excluding carboxylic acids is 2. The monoisotopic (exact) mass is 343 g/mol. The molecule has 2 fully saturated rings. The van der Waals surface area contributed by atoms with Crippen molar-refractivity contribution < 1.29 is 9.59 Å². The number of nitrogens with one attached hydrogen (secondary N) is 3. The minimum absolute atomic E-state index is 0.00333. The molecule has 1 aliphatic carbocycles. The topological polar surface area (TPSA) is 70.2 Å². The molecule has 1 aliphatic heterocycles. The van der Waals surface area contributed by atoms with Gasteiger partial charge in [0.15, 0.2) is 0 Å². The van der Waals surface area contributed by atoms with Gasteiger partial charge >= 0.3 is 0 Å². The summed E-state index contributed by atoms with van der Waals surface area (Å²) >= 11 is 0. The Kier molecular flexibility index (Phi) is 4.62. The smallest absolute Gasteiger partial charge is 0.251 e. The highest BCUT2D eigenvalue weighted by molar-refractivity contribution is 5.96. The molecule has 25 heavy (non-hydrogen) atoms. The predicted octanol–water partition coefficient (Wildman–Crippen LogP) is 3.07. The Labute approximate surface area is 150 Å². The van der Waals surface area contributed by atoms with E-state index in [0.29, 0.717) is 5.56 Å². The van der Waals surface area contributed by atoms with Gasteiger partial charge in [0.25, 0.3) is 5.91 Å². The molecule has 1 aromatic carbocycles. The molecule has 136 valence electrons. The molecular formula is C20H29N3O2. The minimum Gasteiger partial charge on any atom is -0.349 e. The van der Waals surface area contributed by atoms with E-state index < -0.39 is 0 Å². The zero-order valence-corrected chi connectivity index (χ0v) is 15.6. The molecule has 0 radical (unpaired) electrons. The van der Waals surface area contributed by atoms with Crippen molar-refractivity contribution in [3.63, 3.8) is 0 Å². The van der Waals surface area contributed by atoms with Gasteiger partial charge in [-0.15, -0.1) is 0 Å². The molecule has 2 amide bonds. The van der Waals surface area contributed by atoms with Crippen LogP contribution in [0.25, 0.3) is 0 Å². The van der Waals surface area contributed by atoms with Crippen molar-refractivity contribution in [2.45, 2.75) is 70.5 Å². The van der Waals surface area contributed by atoms with Crippen LogP contribution in [0, 0.1) is 5.92 Å². The van der Waals surface area contributed by atoms with E-state index >= 15 is 0 Å². The van der Waals surface area contributed by atoms with E-state index in [1.807, 2.05) is 0 Å². The highest BCUT2D eigenvalue weighted by atomic mass is 16.2. The van der Waals surface area contributed by atoms with Crippen molar-refractivity contribution in [3.05, 3.63) is 29.8 Å². The summed E-state index contributed by atoms with van der Waals surface area (Å²) in [6.45, 7) is 8.68. The molecular weight excluding hydrogens is 314 g/mol. The molecule has 1 saturated heterocycles. The molecule has 0 aromatic heterocycles. The van der Waals surface area contributed by atoms with E-state index in [2.05, 4.69) is 43.6 Å². The van der Waals surface area contributed by atoms with Gasteiger partial charge in [-0.3, -0.25) is 9.59 Å². The molecule has 5 nitrogen and oxygen atoms in total. The highest BCUT2D eigenvalue weighted by Gasteiger charge is 2.38. The predicted molar refractivity (Wildman–Crippen MR) is 99.6 cm³/mol. The number of hydrogen-bond donors (Lipinski definition) is 3. The molecule has 5 heteroatoms. The quantitative estimate of drug-likeness (QED) is 0.787. The van der Waals surface area contributed by atoms with Crippen LogP contribution in [0.5, 0.6) is 0 Å². The Morgan fingerprint density at radius 3 is 2.08 bits per heavy atom. The SMILES string of the molecule is CC1(C)CC(NC(=O)c2ccc(NC(=O)C3CC3)cc2)CC(C)(C)N1. The normalized spacial score (nSPS) is 22.2. The molecule has 1 heterocycles. The van der Waals surface area contributed by atoms with E-state index in [1.165, 1.54) is 0 Å². The average molecular weight is 343 g/mol. The summed E-state index contributed by atoms with van der Waals surface area (Å²) in [6, 6.07) is 7.29. The summed E-state index contributed by atoms with van der Waals surface area (Å²) in [6.07, 6.45) is 3.76. The summed E-state index contributed by atoms with van der Waals surface area (Å²) in [7, 11) is 0. The first-order valence-corrected chi connectivity index (χ1v) is 9.15. The van der Waals surface area contributed by atoms with Gasteiger partial charge in [-0.2, -0.15) is 0 Å². The fraction of sp³-hybridized carbons (Fsp3) is 0.600. The third-order valence-electron chi connectivity index (χ3n) is 4.89. The number of hydrogen-bond acceptors (Lipinski definition) is 3. The van der Waals surface area contributed by atoms with Gasteiger partial charge < -0.3 is 16.0 Å². The number of piperidine rings is 1. The van der Waals surface area contributed by atoms with E-state index in [4.69, 9.17) is 0 Å². The van der Waals surface area contributed by atoms with Crippen LogP contribution in [-0.2, 0) is 4.79 Å². The number of carbonyl (C=O) groups is 2. The minimum atomic E-state index is -0.0569. The lowest BCUT2D eigenvalue weighted by Crippen LogP contribution is -2.62. The van der Waals surface area contributed by atoms with Gasteiger partial charge in [0, 0.05) is 34.3 Å². The van der Waals surface area contributed by atoms with Gasteiger partial charge in [0.2, 0.25) is 5.91 Å². The first-order valence-electron chi connectivity index (χ1n) is 9.15. The summed E-state index contributed by atoms with van der Waals surface area (Å²) in [4.78, 5) is 24.3. The van der Waals surface area contributed by atoms with E-state index in [-0.39, 0.29) is 34.9 Å². The van der Waals surface area contributed by atoms with Crippen molar-refractivity contribution in [2.24, 2.45) is 5.92 Å². The summed E-state index contributed by atoms with van der Waals surface area (Å²) in [5, 5.41) is 9.69. The first-order chi connectivity index (χ1) is 11.6. The van der Waals surface area contributed by atoms with E-state index in [0.717, 1.165) is 31.4 Å². The zero-order valence-electron chi connectivity index (χ0n) is 15.6. The molecule has 0 bridgehead atoms. The van der Waals surface area contributed by atoms with Crippen LogP contribution < -0.4 is 16.0 Å². The van der Waals surface area contributed by atoms with Crippen molar-refractivity contribution in [2.75, 3.05) is 5.32 Å². The van der Waals surface area contributed by atoms with Gasteiger partial charge in [-0.1, -0.05) is 0 Å².